The summed E-state index contributed by atoms with van der Waals surface area (Å²) in [5.41, 5.74) is 0.957. The van der Waals surface area contributed by atoms with Crippen molar-refractivity contribution in [3.05, 3.63) is 29.8 Å². The first-order valence-corrected chi connectivity index (χ1v) is 11.7. The second-order valence-electron chi connectivity index (χ2n) is 9.59. The lowest BCUT2D eigenvalue weighted by Crippen LogP contribution is -2.52. The number of piperazine rings is 1. The predicted molar refractivity (Wildman–Crippen MR) is 139 cm³/mol. The number of nitrogens with zero attached hydrogens (tertiary/aromatic N) is 3. The van der Waals surface area contributed by atoms with Gasteiger partial charge in [0.15, 0.2) is 5.96 Å². The van der Waals surface area contributed by atoms with Crippen LogP contribution >= 0.6 is 24.0 Å². The van der Waals surface area contributed by atoms with Gasteiger partial charge in [-0.15, -0.1) is 24.0 Å². The molecule has 32 heavy (non-hydrogen) atoms. The van der Waals surface area contributed by atoms with Gasteiger partial charge in [0.25, 0.3) is 0 Å². The molecule has 0 radical (unpaired) electrons. The standard InChI is InChI=1S/C24H37N5O2.HI/c1-24(2)17-20(19-9-4-5-10-21(19)31-24)27-23(25-3)26-11-12-28-13-15-29(16-14-28)22(30)18-7-6-8-18;/h4-5,9-10,18,20H,6-8,11-17H2,1-3H3,(H2,25,26,27);1H. The van der Waals surface area contributed by atoms with Gasteiger partial charge >= 0.3 is 0 Å². The van der Waals surface area contributed by atoms with E-state index >= 15 is 0 Å². The summed E-state index contributed by atoms with van der Waals surface area (Å²) in [4.78, 5) is 21.3. The van der Waals surface area contributed by atoms with Gasteiger partial charge in [0.1, 0.15) is 11.4 Å². The third kappa shape index (κ3) is 6.07. The minimum Gasteiger partial charge on any atom is -0.487 e. The number of aliphatic imine (C=N–C) groups is 1. The molecule has 2 aliphatic heterocycles. The number of hydrogen-bond acceptors (Lipinski definition) is 4. The molecule has 1 aliphatic carbocycles. The Labute approximate surface area is 209 Å². The molecule has 0 bridgehead atoms. The summed E-state index contributed by atoms with van der Waals surface area (Å²) in [5.74, 6) is 2.45. The van der Waals surface area contributed by atoms with Crippen LogP contribution in [0.25, 0.3) is 0 Å². The number of para-hydroxylation sites is 1. The van der Waals surface area contributed by atoms with E-state index in [1.54, 1.807) is 0 Å². The van der Waals surface area contributed by atoms with Crippen molar-refractivity contribution in [2.45, 2.75) is 51.2 Å². The van der Waals surface area contributed by atoms with Crippen LogP contribution in [-0.4, -0.2) is 73.6 Å². The summed E-state index contributed by atoms with van der Waals surface area (Å²) in [6.07, 6.45) is 4.27. The Morgan fingerprint density at radius 1 is 1.19 bits per heavy atom. The summed E-state index contributed by atoms with van der Waals surface area (Å²) >= 11 is 0. The normalized spacial score (nSPS) is 23.3. The fraction of sp³-hybridized carbons (Fsp3) is 0.667. The maximum atomic E-state index is 12.4. The number of guanidine groups is 1. The summed E-state index contributed by atoms with van der Waals surface area (Å²) in [7, 11) is 1.82. The molecule has 0 aromatic heterocycles. The van der Waals surface area contributed by atoms with E-state index in [0.717, 1.165) is 70.2 Å². The Balaban J connectivity index is 0.00000289. The van der Waals surface area contributed by atoms with Crippen molar-refractivity contribution < 1.29 is 9.53 Å². The third-order valence-electron chi connectivity index (χ3n) is 6.77. The Morgan fingerprint density at radius 3 is 2.56 bits per heavy atom. The van der Waals surface area contributed by atoms with Crippen LogP contribution in [0, 0.1) is 5.92 Å². The maximum Gasteiger partial charge on any atom is 0.225 e. The minimum absolute atomic E-state index is 0. The van der Waals surface area contributed by atoms with Crippen molar-refractivity contribution in [2.24, 2.45) is 10.9 Å². The quantitative estimate of drug-likeness (QED) is 0.332. The first-order chi connectivity index (χ1) is 14.9. The summed E-state index contributed by atoms with van der Waals surface area (Å²) in [6.45, 7) is 9.65. The molecular weight excluding hydrogens is 517 g/mol. The topological polar surface area (TPSA) is 69.2 Å². The van der Waals surface area contributed by atoms with E-state index in [-0.39, 0.29) is 35.6 Å². The van der Waals surface area contributed by atoms with E-state index in [1.165, 1.54) is 12.0 Å². The number of halogens is 1. The van der Waals surface area contributed by atoms with Crippen LogP contribution < -0.4 is 15.4 Å². The van der Waals surface area contributed by atoms with Gasteiger partial charge in [0.05, 0.1) is 6.04 Å². The molecule has 2 fully saturated rings. The van der Waals surface area contributed by atoms with Crippen LogP contribution in [0.4, 0.5) is 0 Å². The number of benzene rings is 1. The first-order valence-electron chi connectivity index (χ1n) is 11.7. The molecule has 1 saturated carbocycles. The molecule has 4 rings (SSSR count). The molecule has 1 unspecified atom stereocenters. The van der Waals surface area contributed by atoms with Gasteiger partial charge in [0.2, 0.25) is 5.91 Å². The van der Waals surface area contributed by atoms with Crippen LogP contribution in [0.3, 0.4) is 0 Å². The van der Waals surface area contributed by atoms with Gasteiger partial charge in [0, 0.05) is 64.2 Å². The Kier molecular flexibility index (Phi) is 8.66. The van der Waals surface area contributed by atoms with E-state index < -0.39 is 0 Å². The molecule has 178 valence electrons. The lowest BCUT2D eigenvalue weighted by molar-refractivity contribution is -0.139. The van der Waals surface area contributed by atoms with Crippen LogP contribution in [-0.2, 0) is 4.79 Å². The molecule has 2 N–H and O–H groups in total. The summed E-state index contributed by atoms with van der Waals surface area (Å²) in [6, 6.07) is 8.40. The summed E-state index contributed by atoms with van der Waals surface area (Å²) < 4.78 is 6.14. The van der Waals surface area contributed by atoms with Crippen LogP contribution in [0.5, 0.6) is 5.75 Å². The molecule has 0 spiro atoms. The zero-order valence-corrected chi connectivity index (χ0v) is 21.9. The van der Waals surface area contributed by atoms with Gasteiger partial charge in [-0.05, 0) is 32.8 Å². The lowest BCUT2D eigenvalue weighted by atomic mass is 9.84. The second kappa shape index (κ2) is 11.0. The average Bonchev–Trinajstić information content (AvgIpc) is 2.71. The third-order valence-corrected chi connectivity index (χ3v) is 6.77. The smallest absolute Gasteiger partial charge is 0.225 e. The fourth-order valence-corrected chi connectivity index (χ4v) is 4.73. The van der Waals surface area contributed by atoms with Crippen molar-refractivity contribution in [1.82, 2.24) is 20.4 Å². The van der Waals surface area contributed by atoms with E-state index in [9.17, 15) is 4.79 Å². The molecule has 3 aliphatic rings. The largest absolute Gasteiger partial charge is 0.487 e. The molecule has 1 aromatic rings. The molecular formula is C24H38IN5O2. The Morgan fingerprint density at radius 2 is 1.91 bits per heavy atom. The van der Waals surface area contributed by atoms with Crippen LogP contribution in [0.1, 0.15) is 51.1 Å². The highest BCUT2D eigenvalue weighted by Crippen LogP contribution is 2.39. The number of nitrogens with one attached hydrogen (secondary N) is 2. The maximum absolute atomic E-state index is 12.4. The van der Waals surface area contributed by atoms with Gasteiger partial charge in [-0.3, -0.25) is 14.7 Å². The number of hydrogen-bond donors (Lipinski definition) is 2. The molecule has 8 heteroatoms. The van der Waals surface area contributed by atoms with Gasteiger partial charge in [-0.2, -0.15) is 0 Å². The van der Waals surface area contributed by atoms with Crippen molar-refractivity contribution in [3.63, 3.8) is 0 Å². The Bertz CT molecular complexity index is 803. The van der Waals surface area contributed by atoms with Crippen molar-refractivity contribution in [3.8, 4) is 5.75 Å². The van der Waals surface area contributed by atoms with Crippen molar-refractivity contribution >= 4 is 35.8 Å². The number of carbonyl (C=O) groups is 1. The SMILES string of the molecule is CN=C(NCCN1CCN(C(=O)C2CCC2)CC1)NC1CC(C)(C)Oc2ccccc21.I. The Hall–Kier alpha value is -1.55. The number of amides is 1. The molecule has 1 saturated heterocycles. The number of rotatable bonds is 5. The van der Waals surface area contributed by atoms with E-state index in [2.05, 4.69) is 51.4 Å². The van der Waals surface area contributed by atoms with Crippen LogP contribution in [0.2, 0.25) is 0 Å². The lowest BCUT2D eigenvalue weighted by Gasteiger charge is -2.39. The number of fused-ring (bicyclic) bond motifs is 1. The highest BCUT2D eigenvalue weighted by Gasteiger charge is 2.34. The highest BCUT2D eigenvalue weighted by atomic mass is 127. The number of ether oxygens (including phenoxy) is 1. The molecule has 7 nitrogen and oxygen atoms in total. The highest BCUT2D eigenvalue weighted by molar-refractivity contribution is 14.0. The molecule has 1 aromatic carbocycles. The molecule has 1 atom stereocenters. The van der Waals surface area contributed by atoms with Gasteiger partial charge in [-0.25, -0.2) is 0 Å². The summed E-state index contributed by atoms with van der Waals surface area (Å²) in [5, 5.41) is 7.06. The second-order valence-corrected chi connectivity index (χ2v) is 9.59. The van der Waals surface area contributed by atoms with E-state index in [0.29, 0.717) is 11.8 Å². The molecule has 2 heterocycles. The van der Waals surface area contributed by atoms with Crippen LogP contribution in [0.15, 0.2) is 29.3 Å². The zero-order valence-electron chi connectivity index (χ0n) is 19.6. The van der Waals surface area contributed by atoms with E-state index in [4.69, 9.17) is 4.74 Å². The van der Waals surface area contributed by atoms with Crippen molar-refractivity contribution in [2.75, 3.05) is 46.3 Å². The minimum atomic E-state index is -0.221. The zero-order chi connectivity index (χ0) is 21.8. The first kappa shape index (κ1) is 25.1. The van der Waals surface area contributed by atoms with E-state index in [1.807, 2.05) is 19.2 Å². The predicted octanol–water partition coefficient (Wildman–Crippen LogP) is 3.02. The number of carbonyl (C=O) groups excluding carboxylic acids is 1. The fourth-order valence-electron chi connectivity index (χ4n) is 4.73. The van der Waals surface area contributed by atoms with Gasteiger partial charge < -0.3 is 20.3 Å². The average molecular weight is 556 g/mol. The van der Waals surface area contributed by atoms with Crippen molar-refractivity contribution in [1.29, 1.82) is 0 Å². The monoisotopic (exact) mass is 555 g/mol. The van der Waals surface area contributed by atoms with Gasteiger partial charge in [-0.1, -0.05) is 24.6 Å². The molecule has 1 amide bonds.